The maximum absolute atomic E-state index is 5.69. The molecule has 0 spiro atoms. The molecule has 0 heterocycles. The topological polar surface area (TPSA) is 0 Å². The zero-order chi connectivity index (χ0) is 8.65. The van der Waals surface area contributed by atoms with Gasteiger partial charge < -0.3 is 30.3 Å². The number of hydrogen-bond acceptors (Lipinski definition) is 0. The first-order valence-electron chi connectivity index (χ1n) is 3.86. The van der Waals surface area contributed by atoms with E-state index in [0.29, 0.717) is 0 Å². The van der Waals surface area contributed by atoms with E-state index in [1.807, 2.05) is 42.5 Å². The maximum Gasteiger partial charge on any atom is 0 e. The zero-order valence-electron chi connectivity index (χ0n) is 7.13. The van der Waals surface area contributed by atoms with Crippen LogP contribution in [0.2, 0.25) is 0 Å². The largest absolute Gasteiger partial charge is 0.748 e. The smallest absolute Gasteiger partial charge is 0 e. The standard InChI is InChI=1S/C5H5.C5H4.ClH.Fe.Hg/c2*1-2-4-5-3-1;;;/h1-5H;1-4H;1H;;/q-5;-1;;;+1/p-1. The second-order valence-electron chi connectivity index (χ2n) is 2.39. The van der Waals surface area contributed by atoms with Crippen LogP contribution in [0, 0.1) is 0 Å². The van der Waals surface area contributed by atoms with Gasteiger partial charge >= 0.3 is 58.9 Å². The van der Waals surface area contributed by atoms with E-state index in [0.717, 1.165) is 0 Å². The monoisotopic (exact) mass is 422 g/mol. The fourth-order valence-electron chi connectivity index (χ4n) is 0.824. The number of halogens is 1. The van der Waals surface area contributed by atoms with E-state index in [9.17, 15) is 0 Å². The molecule has 0 radical (unpaired) electrons. The third-order valence-electron chi connectivity index (χ3n) is 1.44. The molecule has 2 aromatic rings. The Morgan fingerprint density at radius 2 is 1.31 bits per heavy atom. The van der Waals surface area contributed by atoms with Crippen molar-refractivity contribution in [2.24, 2.45) is 0 Å². The Hall–Kier alpha value is 0.445. The summed E-state index contributed by atoms with van der Waals surface area (Å²) in [4.78, 5) is 0. The molecular weight excluding hydrogens is 412 g/mol. The van der Waals surface area contributed by atoms with E-state index < -0.39 is 23.3 Å². The van der Waals surface area contributed by atoms with Crippen molar-refractivity contribution in [1.29, 1.82) is 0 Å². The van der Waals surface area contributed by atoms with Gasteiger partial charge in [0.1, 0.15) is 0 Å². The van der Waals surface area contributed by atoms with Crippen molar-refractivity contribution < 1.29 is 40.4 Å². The van der Waals surface area contributed by atoms with E-state index in [2.05, 4.69) is 12.1 Å². The molecular formula is C10H9ClFeHg-6. The first-order chi connectivity index (χ1) is 5.93. The molecule has 0 amide bonds. The minimum atomic E-state index is -1.01. The van der Waals surface area contributed by atoms with Crippen molar-refractivity contribution in [1.82, 2.24) is 0 Å². The predicted molar refractivity (Wildman–Crippen MR) is 49.6 cm³/mol. The van der Waals surface area contributed by atoms with Crippen LogP contribution in [0.15, 0.2) is 54.6 Å². The summed E-state index contributed by atoms with van der Waals surface area (Å²) < 4.78 is 1.42. The molecule has 3 heteroatoms. The molecule has 2 aromatic carbocycles. The SMILES string of the molecule is [Cl][Hg][c-]1cccc1.[Fe].[cH-]1[cH-][cH-][cH-][cH-]1. The van der Waals surface area contributed by atoms with Gasteiger partial charge in [0.25, 0.3) is 0 Å². The van der Waals surface area contributed by atoms with Crippen LogP contribution >= 0.6 is 8.25 Å². The summed E-state index contributed by atoms with van der Waals surface area (Å²) in [6.45, 7) is 0. The van der Waals surface area contributed by atoms with Crippen LogP contribution < -0.4 is 3.07 Å². The second kappa shape index (κ2) is 9.02. The summed E-state index contributed by atoms with van der Waals surface area (Å²) in [6.07, 6.45) is 0. The second-order valence-corrected chi connectivity index (χ2v) is 8.95. The number of hydrogen-bond donors (Lipinski definition) is 0. The average Bonchev–Trinajstić information content (AvgIpc) is 2.81. The molecule has 0 unspecified atom stereocenters. The first-order valence-corrected chi connectivity index (χ1v) is 13.4. The van der Waals surface area contributed by atoms with Crippen LogP contribution in [0.4, 0.5) is 0 Å². The molecule has 0 aromatic heterocycles. The fraction of sp³-hybridized carbons (Fsp3) is 0. The molecule has 72 valence electrons. The number of rotatable bonds is 1. The van der Waals surface area contributed by atoms with Gasteiger partial charge in [-0.1, -0.05) is 0 Å². The molecule has 0 bridgehead atoms. The molecule has 0 saturated carbocycles. The minimum Gasteiger partial charge on any atom is -0.748 e. The quantitative estimate of drug-likeness (QED) is 0.491. The Morgan fingerprint density at radius 1 is 0.923 bits per heavy atom. The predicted octanol–water partition coefficient (Wildman–Crippen LogP) is 2.67. The van der Waals surface area contributed by atoms with E-state index in [1.54, 1.807) is 0 Å². The van der Waals surface area contributed by atoms with E-state index in [-0.39, 0.29) is 17.1 Å². The summed E-state index contributed by atoms with van der Waals surface area (Å²) in [5.74, 6) is 0. The molecule has 0 nitrogen and oxygen atoms in total. The van der Waals surface area contributed by atoms with Gasteiger partial charge in [-0.3, -0.25) is 0 Å². The summed E-state index contributed by atoms with van der Waals surface area (Å²) in [6, 6.07) is 18.3. The summed E-state index contributed by atoms with van der Waals surface area (Å²) in [7, 11) is 5.69. The van der Waals surface area contributed by atoms with E-state index >= 15 is 0 Å². The maximum atomic E-state index is 5.69. The fourth-order valence-corrected chi connectivity index (χ4v) is 4.14. The van der Waals surface area contributed by atoms with Gasteiger partial charge in [-0.2, -0.15) is 0 Å². The van der Waals surface area contributed by atoms with Gasteiger partial charge in [0, 0.05) is 17.1 Å². The Kier molecular flexibility index (Phi) is 9.33. The van der Waals surface area contributed by atoms with E-state index in [4.69, 9.17) is 8.25 Å². The third kappa shape index (κ3) is 6.51. The first kappa shape index (κ1) is 13.4. The van der Waals surface area contributed by atoms with Crippen molar-refractivity contribution in [3.63, 3.8) is 0 Å². The molecule has 0 saturated heterocycles. The minimum absolute atomic E-state index is 0. The van der Waals surface area contributed by atoms with Gasteiger partial charge in [0.05, 0.1) is 0 Å². The van der Waals surface area contributed by atoms with Crippen LogP contribution in [-0.2, 0) is 40.4 Å². The van der Waals surface area contributed by atoms with Crippen LogP contribution in [0.3, 0.4) is 0 Å². The summed E-state index contributed by atoms with van der Waals surface area (Å²) in [5.41, 5.74) is 0. The molecule has 0 N–H and O–H groups in total. The Labute approximate surface area is 105 Å². The van der Waals surface area contributed by atoms with Crippen molar-refractivity contribution >= 4 is 11.3 Å². The van der Waals surface area contributed by atoms with Gasteiger partial charge in [-0.15, -0.1) is 0 Å². The van der Waals surface area contributed by atoms with Crippen molar-refractivity contribution in [3.8, 4) is 0 Å². The molecule has 13 heavy (non-hydrogen) atoms. The molecule has 0 aliphatic rings. The molecule has 0 atom stereocenters. The van der Waals surface area contributed by atoms with Crippen LogP contribution in [0.1, 0.15) is 0 Å². The van der Waals surface area contributed by atoms with Gasteiger partial charge in [-0.05, 0) is 0 Å². The third-order valence-corrected chi connectivity index (χ3v) is 7.18. The van der Waals surface area contributed by atoms with Crippen molar-refractivity contribution in [2.75, 3.05) is 0 Å². The summed E-state index contributed by atoms with van der Waals surface area (Å²) in [5, 5.41) is 0. The summed E-state index contributed by atoms with van der Waals surface area (Å²) >= 11 is -1.01. The van der Waals surface area contributed by atoms with Gasteiger partial charge in [0.2, 0.25) is 0 Å². The van der Waals surface area contributed by atoms with Crippen LogP contribution in [0.25, 0.3) is 0 Å². The van der Waals surface area contributed by atoms with Gasteiger partial charge in [-0.25, -0.2) is 0 Å². The van der Waals surface area contributed by atoms with Crippen molar-refractivity contribution in [2.45, 2.75) is 0 Å². The Bertz CT molecular complexity index is 246. The van der Waals surface area contributed by atoms with E-state index in [1.165, 1.54) is 3.07 Å². The normalized spacial score (nSPS) is 7.46. The molecule has 0 fully saturated rings. The van der Waals surface area contributed by atoms with Crippen molar-refractivity contribution in [3.05, 3.63) is 54.6 Å². The molecule has 2 rings (SSSR count). The van der Waals surface area contributed by atoms with Crippen LogP contribution in [-0.4, -0.2) is 0 Å². The average molecular weight is 421 g/mol. The molecule has 0 aliphatic carbocycles. The zero-order valence-corrected chi connectivity index (χ0v) is 14.5. The van der Waals surface area contributed by atoms with Crippen LogP contribution in [0.5, 0.6) is 0 Å². The molecule has 0 aliphatic heterocycles. The Balaban J connectivity index is 0.000000215. The van der Waals surface area contributed by atoms with Gasteiger partial charge in [0.15, 0.2) is 0 Å². The Morgan fingerprint density at radius 3 is 1.54 bits per heavy atom.